The van der Waals surface area contributed by atoms with Crippen LogP contribution in [0.25, 0.3) is 0 Å². The van der Waals surface area contributed by atoms with Crippen molar-refractivity contribution in [2.24, 2.45) is 0 Å². The number of nitrogens with one attached hydrogen (secondary N) is 4. The van der Waals surface area contributed by atoms with Crippen molar-refractivity contribution in [1.82, 2.24) is 9.80 Å². The summed E-state index contributed by atoms with van der Waals surface area (Å²) in [5.41, 5.74) is 10.2. The molecule has 0 aliphatic carbocycles. The van der Waals surface area contributed by atoms with Gasteiger partial charge in [0.25, 0.3) is 11.8 Å². The van der Waals surface area contributed by atoms with Crippen LogP contribution in [0.2, 0.25) is 0 Å². The van der Waals surface area contributed by atoms with Gasteiger partial charge < -0.3 is 40.2 Å². The van der Waals surface area contributed by atoms with Gasteiger partial charge in [-0.15, -0.1) is 0 Å². The first-order valence-electron chi connectivity index (χ1n) is 32.5. The molecule has 14 nitrogen and oxygen atoms in total. The summed E-state index contributed by atoms with van der Waals surface area (Å²) in [5.74, 6) is -1.80. The molecule has 90 heavy (non-hydrogen) atoms. The number of rotatable bonds is 22. The topological polar surface area (TPSA) is 160 Å². The Kier molecular flexibility index (Phi) is 20.1. The maximum absolute atomic E-state index is 14.2. The number of fused-ring (bicyclic) bond motifs is 4. The lowest BCUT2D eigenvalue weighted by Crippen LogP contribution is -2.42. The third-order valence-electron chi connectivity index (χ3n) is 18.3. The van der Waals surface area contributed by atoms with Gasteiger partial charge in [-0.25, -0.2) is 9.59 Å². The highest BCUT2D eigenvalue weighted by atomic mass is 16.6. The molecular weight excluding hydrogens is 1120 g/mol. The average molecular weight is 1210 g/mol. The highest BCUT2D eigenvalue weighted by Gasteiger charge is 2.60. The SMILES string of the molecule is CCOC(=O)C1=C(C(=O)Nc2c(C)cccc2C)C2C=CC1(C(Nc1ccccc1)c1ccc(CN3CCCCC3)cc1)O2.CCOC(=O)C1=C(C(=O)Nc2c(CC)cccc2CC)C2C=CC1(C(Nc1ccccc1)c1ccc(CN3CCCCC3)cc1)O2. The van der Waals surface area contributed by atoms with Crippen LogP contribution in [0, 0.1) is 13.8 Å². The Morgan fingerprint density at radius 3 is 1.27 bits per heavy atom. The minimum absolute atomic E-state index is 0.181. The number of benzene rings is 6. The first kappa shape index (κ1) is 63.2. The summed E-state index contributed by atoms with van der Waals surface area (Å²) in [6.45, 7) is 18.3. The highest BCUT2D eigenvalue weighted by molar-refractivity contribution is 6.14. The van der Waals surface area contributed by atoms with Crippen molar-refractivity contribution < 1.29 is 38.1 Å². The van der Waals surface area contributed by atoms with Gasteiger partial charge >= 0.3 is 11.9 Å². The van der Waals surface area contributed by atoms with E-state index in [0.29, 0.717) is 5.57 Å². The molecule has 2 fully saturated rings. The summed E-state index contributed by atoms with van der Waals surface area (Å²) in [7, 11) is 0. The Morgan fingerprint density at radius 1 is 0.489 bits per heavy atom. The molecule has 6 unspecified atom stereocenters. The van der Waals surface area contributed by atoms with E-state index in [9.17, 15) is 19.2 Å². The third kappa shape index (κ3) is 13.4. The fraction of sp³-hybridized carbons (Fsp3) is 0.368. The number of aryl methyl sites for hydroxylation is 4. The Labute approximate surface area is 530 Å². The Balaban J connectivity index is 0.000000185. The smallest absolute Gasteiger partial charge is 0.337 e. The van der Waals surface area contributed by atoms with Crippen LogP contribution in [-0.2, 0) is 64.1 Å². The quantitative estimate of drug-likeness (QED) is 0.0377. The second-order valence-corrected chi connectivity index (χ2v) is 24.3. The molecule has 12 rings (SSSR count). The molecule has 0 spiro atoms. The standard InChI is InChI=1S/C39H45N3O4.C37H41N3O4/c1-4-28-14-13-15-29(5-2)35(28)41-37(43)33-32-22-23-39(46-32,34(33)38(44)45-6-3)36(40-31-16-9-7-10-17-31)30-20-18-27(19-21-30)26-42-24-11-8-12-25-42;1-4-43-36(42)32-31(35(41)39-33-25(2)12-11-13-26(33)3)30-20-21-37(32,44-30)34(38-29-14-7-5-8-15-29)28-18-16-27(17-19-28)24-40-22-9-6-10-23-40/h7,9-10,13-23,32,36,40H,4-6,8,11-12,24-26H2,1-3H3,(H,41,43);5,7-8,11-21,30,34,38H,4,6,9-10,22-24H2,1-3H3,(H,39,41). The van der Waals surface area contributed by atoms with E-state index < -0.39 is 47.4 Å². The van der Waals surface area contributed by atoms with Gasteiger partial charge in [-0.3, -0.25) is 19.4 Å². The number of hydrogen-bond donors (Lipinski definition) is 4. The van der Waals surface area contributed by atoms with Crippen molar-refractivity contribution in [3.63, 3.8) is 0 Å². The number of hydrogen-bond acceptors (Lipinski definition) is 12. The maximum atomic E-state index is 14.2. The lowest BCUT2D eigenvalue weighted by molar-refractivity contribution is -0.141. The zero-order valence-corrected chi connectivity index (χ0v) is 52.9. The zero-order valence-electron chi connectivity index (χ0n) is 52.9. The number of esters is 2. The van der Waals surface area contributed by atoms with Crippen LogP contribution in [0.15, 0.2) is 192 Å². The minimum Gasteiger partial charge on any atom is -0.463 e. The molecular formula is C76H86N6O8. The third-order valence-corrected chi connectivity index (χ3v) is 18.3. The summed E-state index contributed by atoms with van der Waals surface area (Å²) >= 11 is 0. The molecule has 468 valence electrons. The fourth-order valence-electron chi connectivity index (χ4n) is 13.8. The first-order chi connectivity index (χ1) is 43.9. The van der Waals surface area contributed by atoms with Gasteiger partial charge in [-0.2, -0.15) is 0 Å². The van der Waals surface area contributed by atoms with E-state index in [1.54, 1.807) is 13.8 Å². The zero-order chi connectivity index (χ0) is 62.8. The van der Waals surface area contributed by atoms with Crippen molar-refractivity contribution in [1.29, 1.82) is 0 Å². The van der Waals surface area contributed by atoms with Gasteiger partial charge in [0.05, 0.1) is 47.6 Å². The number of likely N-dealkylation sites (tertiary alicyclic amines) is 2. The molecule has 2 amide bonds. The van der Waals surface area contributed by atoms with Crippen LogP contribution in [0.4, 0.5) is 22.7 Å². The predicted molar refractivity (Wildman–Crippen MR) is 356 cm³/mol. The van der Waals surface area contributed by atoms with E-state index in [1.165, 1.54) is 49.7 Å². The molecule has 6 heterocycles. The minimum atomic E-state index is -1.26. The summed E-state index contributed by atoms with van der Waals surface area (Å²) < 4.78 is 24.7. The van der Waals surface area contributed by atoms with Gasteiger partial charge in [-0.05, 0) is 173 Å². The molecule has 6 aliphatic heterocycles. The molecule has 6 aliphatic rings. The molecule has 6 atom stereocenters. The number of amides is 2. The van der Waals surface area contributed by atoms with Crippen LogP contribution in [0.5, 0.6) is 0 Å². The number of para-hydroxylation sites is 4. The Morgan fingerprint density at radius 2 is 0.878 bits per heavy atom. The lowest BCUT2D eigenvalue weighted by Gasteiger charge is -2.36. The van der Waals surface area contributed by atoms with E-state index >= 15 is 0 Å². The van der Waals surface area contributed by atoms with Crippen LogP contribution in [0.1, 0.15) is 123 Å². The van der Waals surface area contributed by atoms with Crippen molar-refractivity contribution in [2.45, 2.75) is 141 Å². The number of carbonyl (C=O) groups is 4. The number of piperidine rings is 2. The second-order valence-electron chi connectivity index (χ2n) is 24.3. The maximum Gasteiger partial charge on any atom is 0.337 e. The van der Waals surface area contributed by atoms with E-state index in [2.05, 4.69) is 93.4 Å². The molecule has 0 saturated carbocycles. The van der Waals surface area contributed by atoms with Crippen LogP contribution in [-0.4, -0.2) is 96.4 Å². The average Bonchev–Trinajstić information content (AvgIpc) is 1.56. The molecule has 4 bridgehead atoms. The van der Waals surface area contributed by atoms with Gasteiger partial charge in [0.2, 0.25) is 0 Å². The number of anilines is 4. The molecule has 2 saturated heterocycles. The van der Waals surface area contributed by atoms with Gasteiger partial charge in [-0.1, -0.05) is 160 Å². The normalized spacial score (nSPS) is 21.5. The molecule has 0 aromatic heterocycles. The molecule has 6 aromatic rings. The lowest BCUT2D eigenvalue weighted by atomic mass is 9.78. The number of carbonyl (C=O) groups excluding carboxylic acids is 4. The number of ether oxygens (including phenoxy) is 4. The second kappa shape index (κ2) is 28.6. The van der Waals surface area contributed by atoms with Crippen molar-refractivity contribution in [2.75, 3.05) is 60.7 Å². The summed E-state index contributed by atoms with van der Waals surface area (Å²) in [4.78, 5) is 61.0. The highest BCUT2D eigenvalue weighted by Crippen LogP contribution is 2.54. The van der Waals surface area contributed by atoms with Crippen LogP contribution in [0.3, 0.4) is 0 Å². The summed E-state index contributed by atoms with van der Waals surface area (Å²) in [6, 6.07) is 47.8. The Hall–Kier alpha value is -8.40. The van der Waals surface area contributed by atoms with Crippen molar-refractivity contribution in [3.05, 3.63) is 237 Å². The summed E-state index contributed by atoms with van der Waals surface area (Å²) in [5, 5.41) is 13.6. The van der Waals surface area contributed by atoms with E-state index in [0.717, 1.165) is 108 Å². The molecule has 0 radical (unpaired) electrons. The molecule has 4 N–H and O–H groups in total. The summed E-state index contributed by atoms with van der Waals surface area (Å²) in [6.07, 6.45) is 15.4. The first-order valence-corrected chi connectivity index (χ1v) is 32.5. The molecule has 6 aromatic carbocycles. The fourth-order valence-corrected chi connectivity index (χ4v) is 13.8. The van der Waals surface area contributed by atoms with Crippen molar-refractivity contribution >= 4 is 46.5 Å². The van der Waals surface area contributed by atoms with E-state index in [1.807, 2.05) is 135 Å². The van der Waals surface area contributed by atoms with Crippen molar-refractivity contribution in [3.8, 4) is 0 Å². The van der Waals surface area contributed by atoms with E-state index in [-0.39, 0.29) is 41.7 Å². The van der Waals surface area contributed by atoms with Gasteiger partial charge in [0, 0.05) is 35.8 Å². The Bertz CT molecular complexity index is 3620. The number of nitrogens with zero attached hydrogens (tertiary/aromatic N) is 2. The monoisotopic (exact) mass is 1210 g/mol. The molecule has 14 heteroatoms. The van der Waals surface area contributed by atoms with E-state index in [4.69, 9.17) is 18.9 Å². The van der Waals surface area contributed by atoms with Gasteiger partial charge in [0.15, 0.2) is 0 Å². The van der Waals surface area contributed by atoms with Gasteiger partial charge in [0.1, 0.15) is 23.4 Å². The van der Waals surface area contributed by atoms with Crippen LogP contribution < -0.4 is 21.3 Å². The predicted octanol–water partition coefficient (Wildman–Crippen LogP) is 13.8. The van der Waals surface area contributed by atoms with Crippen LogP contribution >= 0.6 is 0 Å². The largest absolute Gasteiger partial charge is 0.463 e.